The first-order valence-electron chi connectivity index (χ1n) is 8.91. The largest absolute Gasteiger partial charge is 0.381 e. The van der Waals surface area contributed by atoms with E-state index in [1.807, 2.05) is 25.1 Å². The molecule has 5 heteroatoms. The van der Waals surface area contributed by atoms with Gasteiger partial charge in [-0.05, 0) is 54.3 Å². The minimum atomic E-state index is -0.260. The van der Waals surface area contributed by atoms with Crippen LogP contribution in [0.15, 0.2) is 60.8 Å². The van der Waals surface area contributed by atoms with Crippen LogP contribution in [0.1, 0.15) is 34.1 Å². The van der Waals surface area contributed by atoms with Crippen molar-refractivity contribution in [2.24, 2.45) is 0 Å². The van der Waals surface area contributed by atoms with E-state index in [0.29, 0.717) is 12.2 Å². The molecule has 2 aromatic carbocycles. The summed E-state index contributed by atoms with van der Waals surface area (Å²) in [5.74, 6) is -0.506. The molecule has 0 aliphatic rings. The standard InChI is InChI=1S/C22H22FN3O/c1-3-17-6-4-5-15(2)21(17)26-22(27)20-13-19(11-12-24-20)25-14-16-7-9-18(23)10-8-16/h4-13H,3,14H2,1-2H3,(H,24,25)(H,26,27). The van der Waals surface area contributed by atoms with E-state index in [0.717, 1.165) is 34.5 Å². The molecule has 2 N–H and O–H groups in total. The fourth-order valence-electron chi connectivity index (χ4n) is 2.85. The highest BCUT2D eigenvalue weighted by Crippen LogP contribution is 2.22. The quantitative estimate of drug-likeness (QED) is 0.651. The lowest BCUT2D eigenvalue weighted by Gasteiger charge is -2.13. The number of aryl methyl sites for hydroxylation is 2. The zero-order chi connectivity index (χ0) is 19.2. The molecule has 0 fully saturated rings. The van der Waals surface area contributed by atoms with Gasteiger partial charge in [0.25, 0.3) is 5.91 Å². The number of amides is 1. The second-order valence-corrected chi connectivity index (χ2v) is 6.33. The lowest BCUT2D eigenvalue weighted by Crippen LogP contribution is -2.16. The SMILES string of the molecule is CCc1cccc(C)c1NC(=O)c1cc(NCc2ccc(F)cc2)ccn1. The van der Waals surface area contributed by atoms with Crippen molar-refractivity contribution in [2.75, 3.05) is 10.6 Å². The van der Waals surface area contributed by atoms with Crippen LogP contribution in [0.3, 0.4) is 0 Å². The molecule has 0 radical (unpaired) electrons. The van der Waals surface area contributed by atoms with Gasteiger partial charge in [-0.1, -0.05) is 37.3 Å². The molecule has 0 aliphatic heterocycles. The summed E-state index contributed by atoms with van der Waals surface area (Å²) in [7, 11) is 0. The second-order valence-electron chi connectivity index (χ2n) is 6.33. The number of carbonyl (C=O) groups is 1. The Kier molecular flexibility index (Phi) is 5.81. The molecule has 3 aromatic rings. The number of hydrogen-bond acceptors (Lipinski definition) is 3. The van der Waals surface area contributed by atoms with Gasteiger partial charge in [0.2, 0.25) is 0 Å². The summed E-state index contributed by atoms with van der Waals surface area (Å²) in [6.45, 7) is 4.56. The predicted molar refractivity (Wildman–Crippen MR) is 106 cm³/mol. The van der Waals surface area contributed by atoms with Crippen LogP contribution < -0.4 is 10.6 Å². The van der Waals surface area contributed by atoms with Crippen molar-refractivity contribution in [1.82, 2.24) is 4.98 Å². The minimum Gasteiger partial charge on any atom is -0.381 e. The molecule has 4 nitrogen and oxygen atoms in total. The Hall–Kier alpha value is -3.21. The summed E-state index contributed by atoms with van der Waals surface area (Å²) in [5, 5.41) is 6.21. The number of aromatic nitrogens is 1. The van der Waals surface area contributed by atoms with E-state index in [1.54, 1.807) is 30.5 Å². The Morgan fingerprint density at radius 1 is 1.11 bits per heavy atom. The monoisotopic (exact) mass is 363 g/mol. The molecule has 0 aliphatic carbocycles. The van der Waals surface area contributed by atoms with Crippen LogP contribution in [0.5, 0.6) is 0 Å². The van der Waals surface area contributed by atoms with Gasteiger partial charge in [-0.15, -0.1) is 0 Å². The third kappa shape index (κ3) is 4.70. The Morgan fingerprint density at radius 3 is 2.63 bits per heavy atom. The van der Waals surface area contributed by atoms with Gasteiger partial charge < -0.3 is 10.6 Å². The third-order valence-electron chi connectivity index (χ3n) is 4.38. The average molecular weight is 363 g/mol. The van der Waals surface area contributed by atoms with Gasteiger partial charge in [-0.2, -0.15) is 0 Å². The van der Waals surface area contributed by atoms with Crippen LogP contribution in [-0.2, 0) is 13.0 Å². The van der Waals surface area contributed by atoms with Gasteiger partial charge in [0, 0.05) is 24.1 Å². The van der Waals surface area contributed by atoms with E-state index in [1.165, 1.54) is 12.1 Å². The van der Waals surface area contributed by atoms with Gasteiger partial charge in [-0.3, -0.25) is 9.78 Å². The minimum absolute atomic E-state index is 0.246. The van der Waals surface area contributed by atoms with Crippen LogP contribution in [-0.4, -0.2) is 10.9 Å². The van der Waals surface area contributed by atoms with Crippen molar-refractivity contribution < 1.29 is 9.18 Å². The summed E-state index contributed by atoms with van der Waals surface area (Å²) in [5.41, 5.74) is 5.02. The van der Waals surface area contributed by atoms with Crippen molar-refractivity contribution in [3.63, 3.8) is 0 Å². The third-order valence-corrected chi connectivity index (χ3v) is 4.38. The summed E-state index contributed by atoms with van der Waals surface area (Å²) in [6, 6.07) is 15.8. The molecule has 0 bridgehead atoms. The molecule has 0 spiro atoms. The van der Waals surface area contributed by atoms with Crippen molar-refractivity contribution in [1.29, 1.82) is 0 Å². The fraction of sp³-hybridized carbons (Fsp3) is 0.182. The molecule has 0 unspecified atom stereocenters. The molecule has 1 aromatic heterocycles. The molecular weight excluding hydrogens is 341 g/mol. The van der Waals surface area contributed by atoms with Gasteiger partial charge >= 0.3 is 0 Å². The van der Waals surface area contributed by atoms with Crippen LogP contribution >= 0.6 is 0 Å². The lowest BCUT2D eigenvalue weighted by molar-refractivity contribution is 0.102. The van der Waals surface area contributed by atoms with E-state index in [-0.39, 0.29) is 11.7 Å². The highest BCUT2D eigenvalue weighted by molar-refractivity contribution is 6.04. The summed E-state index contributed by atoms with van der Waals surface area (Å²) in [4.78, 5) is 16.8. The predicted octanol–water partition coefficient (Wildman–Crippen LogP) is 4.96. The first kappa shape index (κ1) is 18.6. The number of hydrogen-bond donors (Lipinski definition) is 2. The van der Waals surface area contributed by atoms with Crippen LogP contribution in [0.2, 0.25) is 0 Å². The number of rotatable bonds is 6. The number of para-hydroxylation sites is 1. The van der Waals surface area contributed by atoms with Crippen LogP contribution in [0.4, 0.5) is 15.8 Å². The molecule has 0 saturated carbocycles. The van der Waals surface area contributed by atoms with E-state index < -0.39 is 0 Å². The molecule has 138 valence electrons. The highest BCUT2D eigenvalue weighted by Gasteiger charge is 2.12. The van der Waals surface area contributed by atoms with E-state index in [4.69, 9.17) is 0 Å². The summed E-state index contributed by atoms with van der Waals surface area (Å²) in [6.07, 6.45) is 2.43. The van der Waals surface area contributed by atoms with Crippen molar-refractivity contribution in [3.05, 3.63) is 89.0 Å². The number of carbonyl (C=O) groups excluding carboxylic acids is 1. The zero-order valence-electron chi connectivity index (χ0n) is 15.4. The number of nitrogens with one attached hydrogen (secondary N) is 2. The molecular formula is C22H22FN3O. The smallest absolute Gasteiger partial charge is 0.274 e. The molecule has 3 rings (SSSR count). The Balaban J connectivity index is 1.71. The number of nitrogens with zero attached hydrogens (tertiary/aromatic N) is 1. The van der Waals surface area contributed by atoms with Crippen LogP contribution in [0.25, 0.3) is 0 Å². The number of benzene rings is 2. The maximum absolute atomic E-state index is 13.0. The lowest BCUT2D eigenvalue weighted by atomic mass is 10.1. The maximum Gasteiger partial charge on any atom is 0.274 e. The van der Waals surface area contributed by atoms with Gasteiger partial charge in [0.05, 0.1) is 0 Å². The van der Waals surface area contributed by atoms with Crippen molar-refractivity contribution in [3.8, 4) is 0 Å². The topological polar surface area (TPSA) is 54.0 Å². The van der Waals surface area contributed by atoms with Crippen LogP contribution in [0, 0.1) is 12.7 Å². The second kappa shape index (κ2) is 8.45. The average Bonchev–Trinajstić information content (AvgIpc) is 2.69. The molecule has 1 heterocycles. The van der Waals surface area contributed by atoms with E-state index in [2.05, 4.69) is 22.5 Å². The van der Waals surface area contributed by atoms with E-state index >= 15 is 0 Å². The first-order chi connectivity index (χ1) is 13.1. The molecule has 1 amide bonds. The van der Waals surface area contributed by atoms with Crippen molar-refractivity contribution >= 4 is 17.3 Å². The Labute approximate surface area is 158 Å². The Bertz CT molecular complexity index is 939. The van der Waals surface area contributed by atoms with Gasteiger partial charge in [-0.25, -0.2) is 4.39 Å². The fourth-order valence-corrected chi connectivity index (χ4v) is 2.85. The first-order valence-corrected chi connectivity index (χ1v) is 8.91. The van der Waals surface area contributed by atoms with Crippen molar-refractivity contribution in [2.45, 2.75) is 26.8 Å². The van der Waals surface area contributed by atoms with Gasteiger partial charge in [0.15, 0.2) is 0 Å². The Morgan fingerprint density at radius 2 is 1.89 bits per heavy atom. The zero-order valence-corrected chi connectivity index (χ0v) is 15.4. The molecule has 0 saturated heterocycles. The molecule has 27 heavy (non-hydrogen) atoms. The molecule has 0 atom stereocenters. The number of halogens is 1. The highest BCUT2D eigenvalue weighted by atomic mass is 19.1. The summed E-state index contributed by atoms with van der Waals surface area (Å²) >= 11 is 0. The number of anilines is 2. The number of pyridine rings is 1. The summed E-state index contributed by atoms with van der Waals surface area (Å²) < 4.78 is 13.0. The maximum atomic E-state index is 13.0. The van der Waals surface area contributed by atoms with E-state index in [9.17, 15) is 9.18 Å². The normalized spacial score (nSPS) is 10.5. The van der Waals surface area contributed by atoms with Gasteiger partial charge in [0.1, 0.15) is 11.5 Å².